The first kappa shape index (κ1) is 25.5. The Hall–Kier alpha value is -4.08. The van der Waals surface area contributed by atoms with E-state index in [4.69, 9.17) is 4.74 Å². The molecular formula is C25H28F2N6O2. The van der Waals surface area contributed by atoms with Crippen molar-refractivity contribution in [3.05, 3.63) is 67.0 Å². The average Bonchev–Trinajstić information content (AvgIpc) is 2.87. The van der Waals surface area contributed by atoms with Gasteiger partial charge in [-0.2, -0.15) is 4.98 Å². The number of nitrogens with one attached hydrogen (secondary N) is 2. The van der Waals surface area contributed by atoms with Crippen LogP contribution in [-0.4, -0.2) is 35.0 Å². The number of ether oxygens (including phenoxy) is 1. The highest BCUT2D eigenvalue weighted by Gasteiger charge is 2.36. The third kappa shape index (κ3) is 6.50. The Labute approximate surface area is 203 Å². The van der Waals surface area contributed by atoms with Crippen LogP contribution in [0.3, 0.4) is 0 Å². The molecule has 0 aliphatic heterocycles. The highest BCUT2D eigenvalue weighted by atomic mass is 19.3. The van der Waals surface area contributed by atoms with Crippen molar-refractivity contribution < 1.29 is 18.3 Å². The Morgan fingerprint density at radius 3 is 2.66 bits per heavy atom. The number of unbranched alkanes of at least 4 members (excludes halogenated alkanes) is 1. The molecule has 3 aromatic rings. The molecule has 0 spiro atoms. The maximum absolute atomic E-state index is 15.2. The van der Waals surface area contributed by atoms with Crippen LogP contribution in [0.25, 0.3) is 0 Å². The van der Waals surface area contributed by atoms with Gasteiger partial charge in [-0.1, -0.05) is 26.0 Å². The van der Waals surface area contributed by atoms with Gasteiger partial charge in [-0.3, -0.25) is 4.79 Å². The van der Waals surface area contributed by atoms with Crippen LogP contribution in [0.4, 0.5) is 37.6 Å². The van der Waals surface area contributed by atoms with Gasteiger partial charge in [-0.15, -0.1) is 0 Å². The van der Waals surface area contributed by atoms with Crippen LogP contribution < -0.4 is 20.3 Å². The molecule has 0 atom stereocenters. The number of aromatic nitrogens is 3. The molecule has 0 aliphatic rings. The van der Waals surface area contributed by atoms with Gasteiger partial charge in [0.05, 0.1) is 24.6 Å². The van der Waals surface area contributed by atoms with Crippen molar-refractivity contribution in [1.82, 2.24) is 15.0 Å². The Morgan fingerprint density at radius 1 is 1.20 bits per heavy atom. The van der Waals surface area contributed by atoms with E-state index in [1.54, 1.807) is 43.4 Å². The third-order valence-electron chi connectivity index (χ3n) is 5.21. The smallest absolute Gasteiger partial charge is 0.278 e. The first-order chi connectivity index (χ1) is 16.8. The largest absolute Gasteiger partial charge is 0.481 e. The number of alkyl halides is 2. The van der Waals surface area contributed by atoms with Gasteiger partial charge >= 0.3 is 0 Å². The monoisotopic (exact) mass is 482 g/mol. The van der Waals surface area contributed by atoms with Gasteiger partial charge in [-0.05, 0) is 36.8 Å². The van der Waals surface area contributed by atoms with E-state index in [0.29, 0.717) is 35.8 Å². The molecule has 1 aromatic carbocycles. The van der Waals surface area contributed by atoms with Crippen molar-refractivity contribution in [3.8, 4) is 5.88 Å². The van der Waals surface area contributed by atoms with Gasteiger partial charge in [0.25, 0.3) is 5.92 Å². The number of benzene rings is 1. The third-order valence-corrected chi connectivity index (χ3v) is 5.21. The number of rotatable bonds is 11. The molecule has 10 heteroatoms. The number of hydrogen-bond acceptors (Lipinski definition) is 7. The zero-order valence-corrected chi connectivity index (χ0v) is 19.9. The van der Waals surface area contributed by atoms with Crippen molar-refractivity contribution in [1.29, 1.82) is 0 Å². The molecule has 8 nitrogen and oxygen atoms in total. The summed E-state index contributed by atoms with van der Waals surface area (Å²) in [5.74, 6) is -2.90. The van der Waals surface area contributed by atoms with Crippen molar-refractivity contribution in [3.63, 3.8) is 0 Å². The average molecular weight is 483 g/mol. The van der Waals surface area contributed by atoms with Crippen molar-refractivity contribution in [2.75, 3.05) is 29.7 Å². The molecule has 1 amide bonds. The van der Waals surface area contributed by atoms with E-state index < -0.39 is 5.92 Å². The second-order valence-corrected chi connectivity index (χ2v) is 7.76. The zero-order valence-electron chi connectivity index (χ0n) is 19.9. The fourth-order valence-corrected chi connectivity index (χ4v) is 3.29. The molecule has 0 saturated carbocycles. The van der Waals surface area contributed by atoms with Gasteiger partial charge in [0.15, 0.2) is 0 Å². The molecule has 0 aliphatic carbocycles. The summed E-state index contributed by atoms with van der Waals surface area (Å²) >= 11 is 0. The quantitative estimate of drug-likeness (QED) is 0.334. The van der Waals surface area contributed by atoms with Crippen LogP contribution in [0.2, 0.25) is 0 Å². The normalized spacial score (nSPS) is 11.0. The molecule has 2 heterocycles. The Morgan fingerprint density at radius 2 is 2.00 bits per heavy atom. The number of carbonyl (C=O) groups is 1. The van der Waals surface area contributed by atoms with Crippen LogP contribution in [0, 0.1) is 0 Å². The minimum Gasteiger partial charge on any atom is -0.481 e. The number of amides is 1. The molecule has 0 bridgehead atoms. The Bertz CT molecular complexity index is 1170. The van der Waals surface area contributed by atoms with Crippen LogP contribution in [-0.2, 0) is 10.7 Å². The number of halogens is 2. The van der Waals surface area contributed by atoms with E-state index >= 15 is 8.78 Å². The van der Waals surface area contributed by atoms with Crippen LogP contribution in [0.15, 0.2) is 61.4 Å². The number of anilines is 5. The van der Waals surface area contributed by atoms with Gasteiger partial charge < -0.3 is 20.3 Å². The lowest BCUT2D eigenvalue weighted by atomic mass is 10.0. The molecule has 0 fully saturated rings. The predicted octanol–water partition coefficient (Wildman–Crippen LogP) is 5.80. The van der Waals surface area contributed by atoms with Crippen molar-refractivity contribution in [2.24, 2.45) is 0 Å². The SMILES string of the molecule is C=CC(=O)Nc1cccc(N(C)c2nc(Nc3ccc(OC)nc3)ncc2C(F)(F)CCCC)c1. The maximum Gasteiger partial charge on any atom is 0.278 e. The fraction of sp³-hybridized carbons (Fsp3) is 0.280. The highest BCUT2D eigenvalue weighted by Crippen LogP contribution is 2.40. The fourth-order valence-electron chi connectivity index (χ4n) is 3.29. The summed E-state index contributed by atoms with van der Waals surface area (Å²) in [5.41, 5.74) is 1.33. The summed E-state index contributed by atoms with van der Waals surface area (Å²) in [6, 6.07) is 10.2. The molecule has 35 heavy (non-hydrogen) atoms. The summed E-state index contributed by atoms with van der Waals surface area (Å²) in [6.45, 7) is 5.30. The molecule has 0 saturated heterocycles. The molecule has 184 valence electrons. The lowest BCUT2D eigenvalue weighted by molar-refractivity contribution is -0.111. The second-order valence-electron chi connectivity index (χ2n) is 7.76. The number of hydrogen-bond donors (Lipinski definition) is 2. The van der Waals surface area contributed by atoms with E-state index in [1.807, 2.05) is 6.92 Å². The van der Waals surface area contributed by atoms with Crippen molar-refractivity contribution in [2.45, 2.75) is 32.1 Å². The molecule has 2 N–H and O–H groups in total. The van der Waals surface area contributed by atoms with Crippen LogP contribution in [0.1, 0.15) is 31.7 Å². The highest BCUT2D eigenvalue weighted by molar-refractivity contribution is 5.99. The summed E-state index contributed by atoms with van der Waals surface area (Å²) in [6.07, 6.45) is 4.50. The summed E-state index contributed by atoms with van der Waals surface area (Å²) in [5, 5.41) is 5.66. The molecule has 0 unspecified atom stereocenters. The number of carbonyl (C=O) groups excluding carboxylic acids is 1. The van der Waals surface area contributed by atoms with Gasteiger partial charge in [0.1, 0.15) is 5.82 Å². The minimum atomic E-state index is -3.13. The Kier molecular flexibility index (Phi) is 8.30. The van der Waals surface area contributed by atoms with Gasteiger partial charge in [0, 0.05) is 37.1 Å². The van der Waals surface area contributed by atoms with Crippen molar-refractivity contribution >= 4 is 34.7 Å². The van der Waals surface area contributed by atoms with Crippen LogP contribution >= 0.6 is 0 Å². The first-order valence-electron chi connectivity index (χ1n) is 11.1. The van der Waals surface area contributed by atoms with E-state index in [2.05, 4.69) is 32.2 Å². The number of pyridine rings is 1. The topological polar surface area (TPSA) is 92.3 Å². The maximum atomic E-state index is 15.2. The lowest BCUT2D eigenvalue weighted by Crippen LogP contribution is -2.22. The molecule has 0 radical (unpaired) electrons. The summed E-state index contributed by atoms with van der Waals surface area (Å²) in [7, 11) is 3.14. The van der Waals surface area contributed by atoms with Gasteiger partial charge in [-0.25, -0.2) is 18.7 Å². The lowest BCUT2D eigenvalue weighted by Gasteiger charge is -2.26. The summed E-state index contributed by atoms with van der Waals surface area (Å²) < 4.78 is 35.5. The van der Waals surface area contributed by atoms with Gasteiger partial charge in [0.2, 0.25) is 17.7 Å². The summed E-state index contributed by atoms with van der Waals surface area (Å²) in [4.78, 5) is 25.9. The standard InChI is InChI=1S/C25H28F2N6O2/c1-5-7-13-25(26,27)20-16-29-24(31-18-11-12-22(35-4)28-15-18)32-23(20)33(3)19-10-8-9-17(14-19)30-21(34)6-2/h6,8-12,14-16H,2,5,7,13H2,1,3-4H3,(H,30,34)(H,29,31,32). The minimum absolute atomic E-state index is 0.0391. The van der Waals surface area contributed by atoms with E-state index in [1.165, 1.54) is 18.2 Å². The predicted molar refractivity (Wildman–Crippen MR) is 133 cm³/mol. The van der Waals surface area contributed by atoms with Crippen LogP contribution in [0.5, 0.6) is 5.88 Å². The number of nitrogens with zero attached hydrogens (tertiary/aromatic N) is 4. The zero-order chi connectivity index (χ0) is 25.4. The van der Waals surface area contributed by atoms with E-state index in [9.17, 15) is 4.79 Å². The molecule has 3 rings (SSSR count). The molecule has 2 aromatic heterocycles. The Balaban J connectivity index is 2.00. The second kappa shape index (κ2) is 11.4. The first-order valence-corrected chi connectivity index (χ1v) is 11.1. The number of methoxy groups -OCH3 is 1. The van der Waals surface area contributed by atoms with E-state index in [0.717, 1.165) is 12.3 Å². The van der Waals surface area contributed by atoms with E-state index in [-0.39, 0.29) is 29.7 Å². The molecular weight excluding hydrogens is 454 g/mol.